The molecule has 2 rings (SSSR count). The van der Waals surface area contributed by atoms with E-state index in [4.69, 9.17) is 0 Å². The van der Waals surface area contributed by atoms with Gasteiger partial charge in [-0.25, -0.2) is 10.4 Å². The Bertz CT molecular complexity index is 270. The lowest BCUT2D eigenvalue weighted by Crippen LogP contribution is -2.57. The van der Waals surface area contributed by atoms with Crippen LogP contribution in [0.5, 0.6) is 0 Å². The van der Waals surface area contributed by atoms with E-state index in [1.54, 1.807) is 0 Å². The first-order valence-corrected chi connectivity index (χ1v) is 7.15. The molecule has 1 unspecified atom stereocenters. The molecule has 18 heavy (non-hydrogen) atoms. The lowest BCUT2D eigenvalue weighted by atomic mass is 10.2. The molecule has 0 aromatic heterocycles. The van der Waals surface area contributed by atoms with Crippen LogP contribution in [0.2, 0.25) is 0 Å². The summed E-state index contributed by atoms with van der Waals surface area (Å²) in [5, 5.41) is 5.30. The van der Waals surface area contributed by atoms with Crippen molar-refractivity contribution < 1.29 is 4.79 Å². The van der Waals surface area contributed by atoms with Gasteiger partial charge < -0.3 is 10.2 Å². The molecule has 5 nitrogen and oxygen atoms in total. The Morgan fingerprint density at radius 2 is 1.78 bits per heavy atom. The molecule has 104 valence electrons. The molecule has 2 N–H and O–H groups in total. The predicted octanol–water partition coefficient (Wildman–Crippen LogP) is 0.186. The highest BCUT2D eigenvalue weighted by Crippen LogP contribution is 2.17. The summed E-state index contributed by atoms with van der Waals surface area (Å²) in [5.41, 5.74) is 3.31. The first-order chi connectivity index (χ1) is 8.65. The fourth-order valence-corrected chi connectivity index (χ4v) is 2.66. The molecular formula is C13H26N4O. The topological polar surface area (TPSA) is 47.6 Å². The molecule has 1 atom stereocenters. The van der Waals surface area contributed by atoms with Gasteiger partial charge in [-0.3, -0.25) is 4.79 Å². The fraction of sp³-hybridized carbons (Fsp3) is 0.923. The average Bonchev–Trinajstić information content (AvgIpc) is 2.85. The zero-order valence-electron chi connectivity index (χ0n) is 11.6. The molecule has 1 aliphatic carbocycles. The second-order valence-electron chi connectivity index (χ2n) is 5.63. The predicted molar refractivity (Wildman–Crippen MR) is 72.1 cm³/mol. The van der Waals surface area contributed by atoms with Gasteiger partial charge >= 0.3 is 0 Å². The third-order valence-corrected chi connectivity index (χ3v) is 3.97. The summed E-state index contributed by atoms with van der Waals surface area (Å²) in [6.45, 7) is 6.03. The molecule has 2 aliphatic rings. The number of carbonyl (C=O) groups is 1. The van der Waals surface area contributed by atoms with Crippen molar-refractivity contribution in [3.63, 3.8) is 0 Å². The Hall–Kier alpha value is -0.650. The van der Waals surface area contributed by atoms with E-state index in [0.29, 0.717) is 6.04 Å². The summed E-state index contributed by atoms with van der Waals surface area (Å²) < 4.78 is 0. The largest absolute Gasteiger partial charge is 0.352 e. The molecule has 1 saturated heterocycles. The van der Waals surface area contributed by atoms with Crippen LogP contribution in [0.15, 0.2) is 0 Å². The van der Waals surface area contributed by atoms with E-state index in [9.17, 15) is 4.79 Å². The number of piperazine rings is 1. The van der Waals surface area contributed by atoms with Crippen LogP contribution in [-0.4, -0.2) is 61.1 Å². The molecule has 0 aromatic rings. The van der Waals surface area contributed by atoms with Gasteiger partial charge in [0.25, 0.3) is 0 Å². The van der Waals surface area contributed by atoms with E-state index in [1.807, 2.05) is 6.92 Å². The maximum Gasteiger partial charge on any atom is 0.238 e. The van der Waals surface area contributed by atoms with E-state index in [1.165, 1.54) is 12.8 Å². The number of hydrazine groups is 1. The molecule has 0 spiro atoms. The number of carbonyl (C=O) groups excluding carboxylic acids is 1. The highest BCUT2D eigenvalue weighted by Gasteiger charge is 2.22. The Morgan fingerprint density at radius 1 is 1.17 bits per heavy atom. The zero-order chi connectivity index (χ0) is 13.0. The van der Waals surface area contributed by atoms with Crippen molar-refractivity contribution >= 4 is 5.91 Å². The van der Waals surface area contributed by atoms with E-state index in [0.717, 1.165) is 39.0 Å². The third-order valence-electron chi connectivity index (χ3n) is 3.97. The molecule has 1 heterocycles. The molecule has 1 aliphatic heterocycles. The van der Waals surface area contributed by atoms with Gasteiger partial charge in [0, 0.05) is 32.2 Å². The number of likely N-dealkylation sites (N-methyl/N-ethyl adjacent to an activating group) is 1. The van der Waals surface area contributed by atoms with Crippen LogP contribution in [0.4, 0.5) is 0 Å². The van der Waals surface area contributed by atoms with Crippen molar-refractivity contribution in [1.82, 2.24) is 20.7 Å². The Balaban J connectivity index is 1.69. The van der Waals surface area contributed by atoms with Crippen molar-refractivity contribution in [2.45, 2.75) is 44.7 Å². The zero-order valence-corrected chi connectivity index (χ0v) is 11.6. The van der Waals surface area contributed by atoms with Crippen molar-refractivity contribution in [2.24, 2.45) is 0 Å². The highest BCUT2D eigenvalue weighted by atomic mass is 16.2. The summed E-state index contributed by atoms with van der Waals surface area (Å²) in [6, 6.07) is 0.281. The molecule has 0 radical (unpaired) electrons. The van der Waals surface area contributed by atoms with Crippen molar-refractivity contribution in [3.8, 4) is 0 Å². The van der Waals surface area contributed by atoms with Gasteiger partial charge in [-0.05, 0) is 26.8 Å². The van der Waals surface area contributed by atoms with Gasteiger partial charge in [-0.2, -0.15) is 0 Å². The maximum absolute atomic E-state index is 12.0. The van der Waals surface area contributed by atoms with Crippen molar-refractivity contribution in [3.05, 3.63) is 0 Å². The average molecular weight is 254 g/mol. The molecule has 5 heteroatoms. The standard InChI is InChI=1S/C13H26N4O/c1-11(13(18)14-12-5-3-4-6-12)15-17-9-7-16(2)8-10-17/h11-12,15H,3-10H2,1-2H3,(H,14,18). The fourth-order valence-electron chi connectivity index (χ4n) is 2.66. The first-order valence-electron chi connectivity index (χ1n) is 7.15. The van der Waals surface area contributed by atoms with Gasteiger partial charge in [-0.15, -0.1) is 0 Å². The van der Waals surface area contributed by atoms with Gasteiger partial charge in [0.2, 0.25) is 5.91 Å². The maximum atomic E-state index is 12.0. The van der Waals surface area contributed by atoms with Crippen LogP contribution in [0.1, 0.15) is 32.6 Å². The molecule has 0 aromatic carbocycles. The van der Waals surface area contributed by atoms with Crippen LogP contribution in [0.25, 0.3) is 0 Å². The minimum absolute atomic E-state index is 0.131. The van der Waals surface area contributed by atoms with Crippen LogP contribution in [0.3, 0.4) is 0 Å². The van der Waals surface area contributed by atoms with E-state index in [2.05, 4.69) is 27.7 Å². The van der Waals surface area contributed by atoms with Crippen LogP contribution in [-0.2, 0) is 4.79 Å². The smallest absolute Gasteiger partial charge is 0.238 e. The third kappa shape index (κ3) is 3.93. The number of hydrogen-bond donors (Lipinski definition) is 2. The van der Waals surface area contributed by atoms with Crippen LogP contribution < -0.4 is 10.7 Å². The second kappa shape index (κ2) is 6.50. The molecule has 0 bridgehead atoms. The summed E-state index contributed by atoms with van der Waals surface area (Å²) >= 11 is 0. The minimum Gasteiger partial charge on any atom is -0.352 e. The van der Waals surface area contributed by atoms with Gasteiger partial charge in [0.05, 0.1) is 6.04 Å². The normalized spacial score (nSPS) is 25.2. The lowest BCUT2D eigenvalue weighted by Gasteiger charge is -2.34. The summed E-state index contributed by atoms with van der Waals surface area (Å²) in [6.07, 6.45) is 4.80. The summed E-state index contributed by atoms with van der Waals surface area (Å²) in [4.78, 5) is 14.3. The SMILES string of the molecule is CC(NN1CCN(C)CC1)C(=O)NC1CCCC1. The quantitative estimate of drug-likeness (QED) is 0.752. The summed E-state index contributed by atoms with van der Waals surface area (Å²) in [7, 11) is 2.13. The van der Waals surface area contributed by atoms with Gasteiger partial charge in [0.15, 0.2) is 0 Å². The molecule has 1 saturated carbocycles. The number of hydrogen-bond acceptors (Lipinski definition) is 4. The van der Waals surface area contributed by atoms with Crippen LogP contribution >= 0.6 is 0 Å². The number of nitrogens with one attached hydrogen (secondary N) is 2. The Morgan fingerprint density at radius 3 is 2.39 bits per heavy atom. The summed E-state index contributed by atoms with van der Waals surface area (Å²) in [5.74, 6) is 0.140. The Labute approximate surface area is 110 Å². The van der Waals surface area contributed by atoms with Gasteiger partial charge in [-0.1, -0.05) is 12.8 Å². The molecule has 2 fully saturated rings. The second-order valence-corrected chi connectivity index (χ2v) is 5.63. The minimum atomic E-state index is -0.131. The number of nitrogens with zero attached hydrogens (tertiary/aromatic N) is 2. The first kappa shape index (κ1) is 13.8. The van der Waals surface area contributed by atoms with E-state index >= 15 is 0 Å². The van der Waals surface area contributed by atoms with E-state index in [-0.39, 0.29) is 11.9 Å². The van der Waals surface area contributed by atoms with Crippen molar-refractivity contribution in [1.29, 1.82) is 0 Å². The number of amides is 1. The lowest BCUT2D eigenvalue weighted by molar-refractivity contribution is -0.125. The highest BCUT2D eigenvalue weighted by molar-refractivity contribution is 5.81. The van der Waals surface area contributed by atoms with Gasteiger partial charge in [0.1, 0.15) is 0 Å². The van der Waals surface area contributed by atoms with Crippen molar-refractivity contribution in [2.75, 3.05) is 33.2 Å². The number of rotatable bonds is 4. The van der Waals surface area contributed by atoms with E-state index < -0.39 is 0 Å². The molecule has 1 amide bonds. The monoisotopic (exact) mass is 254 g/mol. The Kier molecular flexibility index (Phi) is 4.97. The van der Waals surface area contributed by atoms with Crippen LogP contribution in [0, 0.1) is 0 Å². The molecular weight excluding hydrogens is 228 g/mol.